The van der Waals surface area contributed by atoms with Gasteiger partial charge < -0.3 is 4.90 Å². The van der Waals surface area contributed by atoms with Crippen molar-refractivity contribution < 1.29 is 13.2 Å². The molecule has 4 atom stereocenters. The maximum atomic E-state index is 12.8. The maximum Gasteiger partial charge on any atom is 0.416 e. The highest BCUT2D eigenvalue weighted by atomic mass is 19.4. The lowest BCUT2D eigenvalue weighted by Gasteiger charge is -2.59. The number of hydrogen-bond acceptors (Lipinski definition) is 2. The first-order chi connectivity index (χ1) is 13.5. The number of amidine groups is 1. The van der Waals surface area contributed by atoms with Gasteiger partial charge in [-0.1, -0.05) is 0 Å². The number of aliphatic imine (C=N–C) groups is 1. The highest BCUT2D eigenvalue weighted by molar-refractivity contribution is 5.86. The molecule has 0 bridgehead atoms. The van der Waals surface area contributed by atoms with Crippen molar-refractivity contribution in [2.45, 2.75) is 63.2 Å². The quantitative estimate of drug-likeness (QED) is 0.664. The third-order valence-corrected chi connectivity index (χ3v) is 7.36. The number of nitrogens with zero attached hydrogens (tertiary/aromatic N) is 3. The van der Waals surface area contributed by atoms with E-state index in [0.717, 1.165) is 49.3 Å². The SMILES string of the molecule is FC(F)(F)c1ccc(N=C2CCC[C@@H]3[C@H]4CCCN5CCC[C@H](CN23)[C@@H]45)cc1. The fraction of sp³-hybridized carbons (Fsp3) is 0.682. The molecule has 0 N–H and O–H groups in total. The van der Waals surface area contributed by atoms with Crippen LogP contribution in [0.3, 0.4) is 0 Å². The Morgan fingerprint density at radius 1 is 0.929 bits per heavy atom. The molecule has 0 spiro atoms. The molecule has 0 saturated carbocycles. The average Bonchev–Trinajstić information content (AvgIpc) is 2.69. The fourth-order valence-electron chi connectivity index (χ4n) is 6.27. The van der Waals surface area contributed by atoms with Crippen molar-refractivity contribution in [2.75, 3.05) is 19.6 Å². The second kappa shape index (κ2) is 7.05. The van der Waals surface area contributed by atoms with Gasteiger partial charge in [0.1, 0.15) is 5.84 Å². The summed E-state index contributed by atoms with van der Waals surface area (Å²) in [6.45, 7) is 3.59. The summed E-state index contributed by atoms with van der Waals surface area (Å²) in [4.78, 5) is 10.1. The van der Waals surface area contributed by atoms with Crippen molar-refractivity contribution in [3.05, 3.63) is 29.8 Å². The molecule has 0 radical (unpaired) electrons. The highest BCUT2D eigenvalue weighted by Gasteiger charge is 2.49. The van der Waals surface area contributed by atoms with E-state index >= 15 is 0 Å². The molecule has 0 aromatic heterocycles. The molecule has 0 amide bonds. The summed E-state index contributed by atoms with van der Waals surface area (Å²) in [5.41, 5.74) is 0.0305. The monoisotopic (exact) mass is 391 g/mol. The molecule has 1 aromatic carbocycles. The lowest BCUT2D eigenvalue weighted by Crippen LogP contribution is -2.66. The first kappa shape index (κ1) is 18.5. The lowest BCUT2D eigenvalue weighted by molar-refractivity contribution is -0.137. The van der Waals surface area contributed by atoms with Gasteiger partial charge in [-0.25, -0.2) is 4.99 Å². The Kier molecular flexibility index (Phi) is 4.65. The Bertz CT molecular complexity index is 740. The minimum atomic E-state index is -4.29. The van der Waals surface area contributed by atoms with Crippen LogP contribution in [0, 0.1) is 11.8 Å². The van der Waals surface area contributed by atoms with Crippen LogP contribution < -0.4 is 0 Å². The Morgan fingerprint density at radius 2 is 1.68 bits per heavy atom. The number of hydrogen-bond donors (Lipinski definition) is 0. The largest absolute Gasteiger partial charge is 0.416 e. The van der Waals surface area contributed by atoms with Crippen LogP contribution >= 0.6 is 0 Å². The fourth-order valence-corrected chi connectivity index (χ4v) is 6.27. The highest BCUT2D eigenvalue weighted by Crippen LogP contribution is 2.45. The van der Waals surface area contributed by atoms with E-state index in [2.05, 4.69) is 9.80 Å². The topological polar surface area (TPSA) is 18.8 Å². The Balaban J connectivity index is 1.41. The van der Waals surface area contributed by atoms with E-state index in [9.17, 15) is 13.2 Å². The number of alkyl halides is 3. The van der Waals surface area contributed by atoms with Gasteiger partial charge in [-0.05, 0) is 87.7 Å². The van der Waals surface area contributed by atoms with Crippen molar-refractivity contribution in [1.82, 2.24) is 9.80 Å². The molecular formula is C22H28F3N3. The minimum Gasteiger partial charge on any atom is -0.356 e. The molecule has 6 heteroatoms. The molecule has 4 aliphatic heterocycles. The minimum absolute atomic E-state index is 0.559. The molecule has 1 aromatic rings. The van der Waals surface area contributed by atoms with Crippen LogP contribution in [-0.2, 0) is 6.18 Å². The van der Waals surface area contributed by atoms with Crippen LogP contribution in [0.1, 0.15) is 50.5 Å². The lowest BCUT2D eigenvalue weighted by atomic mass is 9.68. The van der Waals surface area contributed by atoms with E-state index in [0.29, 0.717) is 17.6 Å². The van der Waals surface area contributed by atoms with Crippen LogP contribution in [0.25, 0.3) is 0 Å². The molecule has 4 saturated heterocycles. The summed E-state index contributed by atoms with van der Waals surface area (Å²) in [5.74, 6) is 2.54. The van der Waals surface area contributed by atoms with Gasteiger partial charge in [-0.2, -0.15) is 13.2 Å². The van der Waals surface area contributed by atoms with Crippen LogP contribution in [-0.4, -0.2) is 47.4 Å². The van der Waals surface area contributed by atoms with E-state index in [1.54, 1.807) is 0 Å². The zero-order valence-electron chi connectivity index (χ0n) is 16.2. The van der Waals surface area contributed by atoms with Crippen molar-refractivity contribution in [3.8, 4) is 0 Å². The predicted molar refractivity (Wildman–Crippen MR) is 104 cm³/mol. The molecular weight excluding hydrogens is 363 g/mol. The molecule has 0 unspecified atom stereocenters. The molecule has 5 rings (SSSR count). The zero-order valence-corrected chi connectivity index (χ0v) is 16.2. The first-order valence-electron chi connectivity index (χ1n) is 10.8. The Hall–Kier alpha value is -1.56. The molecule has 3 nitrogen and oxygen atoms in total. The molecule has 28 heavy (non-hydrogen) atoms. The number of fused-ring (bicyclic) bond motifs is 2. The van der Waals surface area contributed by atoms with Gasteiger partial charge in [0.25, 0.3) is 0 Å². The van der Waals surface area contributed by atoms with E-state index in [1.165, 1.54) is 57.3 Å². The van der Waals surface area contributed by atoms with Gasteiger partial charge in [0.2, 0.25) is 0 Å². The van der Waals surface area contributed by atoms with Gasteiger partial charge >= 0.3 is 6.18 Å². The number of halogens is 3. The van der Waals surface area contributed by atoms with E-state index in [1.807, 2.05) is 0 Å². The van der Waals surface area contributed by atoms with Gasteiger partial charge in [-0.3, -0.25) is 4.90 Å². The predicted octanol–water partition coefficient (Wildman–Crippen LogP) is 5.09. The van der Waals surface area contributed by atoms with Gasteiger partial charge in [-0.15, -0.1) is 0 Å². The third kappa shape index (κ3) is 3.23. The van der Waals surface area contributed by atoms with Crippen molar-refractivity contribution in [3.63, 3.8) is 0 Å². The molecule has 4 fully saturated rings. The summed E-state index contributed by atoms with van der Waals surface area (Å²) in [7, 11) is 0. The second-order valence-corrected chi connectivity index (χ2v) is 8.92. The standard InChI is InChI=1S/C22H28F3N3/c23-22(24,25)16-8-10-17(11-9-16)26-20-7-1-6-19-18-5-3-13-27-12-2-4-15(21(18)27)14-28(19)20/h8-11,15,18-19,21H,1-7,12-14H2/t15-,18-,19-,21+/m1/s1. The summed E-state index contributed by atoms with van der Waals surface area (Å²) < 4.78 is 38.5. The van der Waals surface area contributed by atoms with E-state index in [4.69, 9.17) is 4.99 Å². The zero-order chi connectivity index (χ0) is 19.3. The molecule has 4 aliphatic rings. The van der Waals surface area contributed by atoms with Gasteiger partial charge in [0.05, 0.1) is 11.3 Å². The summed E-state index contributed by atoms with van der Waals surface area (Å²) in [6.07, 6.45) is 4.20. The average molecular weight is 391 g/mol. The number of rotatable bonds is 1. The summed E-state index contributed by atoms with van der Waals surface area (Å²) in [5, 5.41) is 0. The maximum absolute atomic E-state index is 12.8. The third-order valence-electron chi connectivity index (χ3n) is 7.36. The molecule has 4 heterocycles. The van der Waals surface area contributed by atoms with E-state index < -0.39 is 11.7 Å². The Morgan fingerprint density at radius 3 is 2.43 bits per heavy atom. The molecule has 152 valence electrons. The van der Waals surface area contributed by atoms with Gasteiger partial charge in [0, 0.05) is 25.0 Å². The van der Waals surface area contributed by atoms with Crippen molar-refractivity contribution >= 4 is 11.5 Å². The smallest absolute Gasteiger partial charge is 0.356 e. The van der Waals surface area contributed by atoms with Crippen LogP contribution in [0.15, 0.2) is 29.3 Å². The number of benzene rings is 1. The van der Waals surface area contributed by atoms with E-state index in [-0.39, 0.29) is 0 Å². The summed E-state index contributed by atoms with van der Waals surface area (Å²) >= 11 is 0. The van der Waals surface area contributed by atoms with Crippen molar-refractivity contribution in [1.29, 1.82) is 0 Å². The van der Waals surface area contributed by atoms with Crippen LogP contribution in [0.5, 0.6) is 0 Å². The van der Waals surface area contributed by atoms with Crippen LogP contribution in [0.4, 0.5) is 18.9 Å². The number of piperidine rings is 4. The normalized spacial score (nSPS) is 34.8. The van der Waals surface area contributed by atoms with Gasteiger partial charge in [0.15, 0.2) is 0 Å². The summed E-state index contributed by atoms with van der Waals surface area (Å²) in [6, 6.07) is 6.61. The van der Waals surface area contributed by atoms with Crippen molar-refractivity contribution in [2.24, 2.45) is 16.8 Å². The van der Waals surface area contributed by atoms with Crippen LogP contribution in [0.2, 0.25) is 0 Å². The molecule has 0 aliphatic carbocycles. The first-order valence-corrected chi connectivity index (χ1v) is 10.8. The second-order valence-electron chi connectivity index (χ2n) is 8.92. The Labute approximate surface area is 164 Å².